The number of rotatable bonds is 4. The van der Waals surface area contributed by atoms with Crippen molar-refractivity contribution in [3.05, 3.63) is 39.9 Å². The van der Waals surface area contributed by atoms with Gasteiger partial charge in [0.15, 0.2) is 0 Å². The Morgan fingerprint density at radius 1 is 1.21 bits per heavy atom. The van der Waals surface area contributed by atoms with Crippen LogP contribution in [-0.4, -0.2) is 21.5 Å². The molecular weight excluding hydrogens is 297 g/mol. The molecule has 1 aliphatic rings. The van der Waals surface area contributed by atoms with E-state index in [4.69, 9.17) is 0 Å². The van der Waals surface area contributed by atoms with Crippen LogP contribution in [0.5, 0.6) is 0 Å². The number of unbranched alkanes of at least 4 members (excludes halogenated alkanes) is 1. The molecule has 0 spiro atoms. The summed E-state index contributed by atoms with van der Waals surface area (Å²) in [4.78, 5) is 0.550. The summed E-state index contributed by atoms with van der Waals surface area (Å²) in [6.07, 6.45) is 4.95. The van der Waals surface area contributed by atoms with Gasteiger partial charge in [0.1, 0.15) is 0 Å². The molecule has 1 aromatic carbocycles. The molecule has 2 heteroatoms. The summed E-state index contributed by atoms with van der Waals surface area (Å²) in [5.74, 6) is 0. The fourth-order valence-electron chi connectivity index (χ4n) is 2.20. The summed E-state index contributed by atoms with van der Waals surface area (Å²) < 4.78 is 1.62. The summed E-state index contributed by atoms with van der Waals surface area (Å²) >= 11 is 0.514. The third kappa shape index (κ3) is 3.72. The molecule has 0 fully saturated rings. The Kier molecular flexibility index (Phi) is 4.89. The van der Waals surface area contributed by atoms with Gasteiger partial charge in [-0.3, -0.25) is 0 Å². The van der Waals surface area contributed by atoms with Crippen LogP contribution in [0.2, 0.25) is 0 Å². The maximum atomic E-state index is 3.77. The van der Waals surface area contributed by atoms with Gasteiger partial charge in [-0.05, 0) is 0 Å². The zero-order valence-corrected chi connectivity index (χ0v) is 14.2. The standard InChI is InChI=1S/C17H25NSe/c1-5-6-11-18-16-14-10-8-7-9-13(14)12-15(19-16)17(2,3)4/h7-10,12,16,18H,5-6,11H2,1-4H3. The van der Waals surface area contributed by atoms with Crippen molar-refractivity contribution in [1.82, 2.24) is 5.32 Å². The summed E-state index contributed by atoms with van der Waals surface area (Å²) in [7, 11) is 0. The number of allylic oxidation sites excluding steroid dienone is 1. The topological polar surface area (TPSA) is 12.0 Å². The van der Waals surface area contributed by atoms with Crippen LogP contribution in [0, 0.1) is 5.41 Å². The van der Waals surface area contributed by atoms with Gasteiger partial charge in [-0.15, -0.1) is 0 Å². The molecule has 1 N–H and O–H groups in total. The van der Waals surface area contributed by atoms with E-state index in [1.165, 1.54) is 24.0 Å². The second-order valence-corrected chi connectivity index (χ2v) is 8.60. The Labute approximate surface area is 124 Å². The third-order valence-electron chi connectivity index (χ3n) is 3.41. The van der Waals surface area contributed by atoms with E-state index in [0.29, 0.717) is 19.9 Å². The molecule has 1 aromatic rings. The van der Waals surface area contributed by atoms with Gasteiger partial charge >= 0.3 is 124 Å². The van der Waals surface area contributed by atoms with Gasteiger partial charge in [0.05, 0.1) is 0 Å². The Hall–Kier alpha value is -0.561. The number of hydrogen-bond donors (Lipinski definition) is 1. The predicted molar refractivity (Wildman–Crippen MR) is 85.3 cm³/mol. The molecule has 1 heterocycles. The number of benzene rings is 1. The zero-order chi connectivity index (χ0) is 13.9. The molecule has 1 unspecified atom stereocenters. The van der Waals surface area contributed by atoms with E-state index >= 15 is 0 Å². The molecule has 0 saturated carbocycles. The van der Waals surface area contributed by atoms with Crippen LogP contribution < -0.4 is 5.32 Å². The van der Waals surface area contributed by atoms with E-state index in [2.05, 4.69) is 63.4 Å². The molecule has 0 amide bonds. The summed E-state index contributed by atoms with van der Waals surface area (Å²) in [5.41, 5.74) is 3.19. The Morgan fingerprint density at radius 2 is 1.95 bits per heavy atom. The first-order valence-electron chi connectivity index (χ1n) is 7.23. The van der Waals surface area contributed by atoms with E-state index < -0.39 is 0 Å². The van der Waals surface area contributed by atoms with Crippen molar-refractivity contribution >= 4 is 21.0 Å². The number of nitrogens with one attached hydrogen (secondary N) is 1. The Morgan fingerprint density at radius 3 is 2.63 bits per heavy atom. The van der Waals surface area contributed by atoms with Crippen molar-refractivity contribution in [3.8, 4) is 0 Å². The van der Waals surface area contributed by atoms with Crippen LogP contribution in [0.15, 0.2) is 28.7 Å². The first-order chi connectivity index (χ1) is 9.02. The molecule has 0 aliphatic carbocycles. The van der Waals surface area contributed by atoms with Gasteiger partial charge in [0, 0.05) is 0 Å². The normalized spacial score (nSPS) is 18.9. The van der Waals surface area contributed by atoms with Crippen molar-refractivity contribution < 1.29 is 0 Å². The van der Waals surface area contributed by atoms with Gasteiger partial charge in [-0.1, -0.05) is 0 Å². The second kappa shape index (κ2) is 6.26. The van der Waals surface area contributed by atoms with Gasteiger partial charge in [0.25, 0.3) is 0 Å². The van der Waals surface area contributed by atoms with Crippen LogP contribution >= 0.6 is 0 Å². The summed E-state index contributed by atoms with van der Waals surface area (Å²) in [6, 6.07) is 8.86. The monoisotopic (exact) mass is 323 g/mol. The van der Waals surface area contributed by atoms with Gasteiger partial charge < -0.3 is 0 Å². The molecule has 2 rings (SSSR count). The molecule has 0 aromatic heterocycles. The fraction of sp³-hybridized carbons (Fsp3) is 0.529. The van der Waals surface area contributed by atoms with Gasteiger partial charge in [0.2, 0.25) is 0 Å². The molecule has 0 radical (unpaired) electrons. The minimum atomic E-state index is 0.290. The second-order valence-electron chi connectivity index (χ2n) is 6.19. The average Bonchev–Trinajstić information content (AvgIpc) is 2.37. The van der Waals surface area contributed by atoms with Crippen molar-refractivity contribution in [2.75, 3.05) is 6.54 Å². The molecule has 104 valence electrons. The van der Waals surface area contributed by atoms with Crippen molar-refractivity contribution in [1.29, 1.82) is 0 Å². The zero-order valence-electron chi connectivity index (χ0n) is 12.5. The van der Waals surface area contributed by atoms with E-state index in [-0.39, 0.29) is 5.41 Å². The van der Waals surface area contributed by atoms with Crippen molar-refractivity contribution in [2.24, 2.45) is 5.41 Å². The molecule has 1 atom stereocenters. The molecule has 1 nitrogen and oxygen atoms in total. The van der Waals surface area contributed by atoms with E-state index in [9.17, 15) is 0 Å². The molecule has 0 bridgehead atoms. The number of fused-ring (bicyclic) bond motifs is 1. The Balaban J connectivity index is 2.24. The molecule has 0 saturated heterocycles. The first kappa shape index (κ1) is 14.8. The van der Waals surface area contributed by atoms with Crippen LogP contribution in [0.3, 0.4) is 0 Å². The Bertz CT molecular complexity index is 457. The minimum absolute atomic E-state index is 0.290. The predicted octanol–water partition coefficient (Wildman–Crippen LogP) is 4.18. The summed E-state index contributed by atoms with van der Waals surface area (Å²) in [6.45, 7) is 10.4. The van der Waals surface area contributed by atoms with Gasteiger partial charge in [-0.25, -0.2) is 0 Å². The first-order valence-corrected chi connectivity index (χ1v) is 9.08. The van der Waals surface area contributed by atoms with Gasteiger partial charge in [-0.2, -0.15) is 0 Å². The average molecular weight is 322 g/mol. The quantitative estimate of drug-likeness (QED) is 0.648. The third-order valence-corrected chi connectivity index (χ3v) is 6.85. The van der Waals surface area contributed by atoms with E-state index in [0.717, 1.165) is 6.54 Å². The fourth-order valence-corrected chi connectivity index (χ4v) is 5.02. The summed E-state index contributed by atoms with van der Waals surface area (Å²) in [5, 5.41) is 3.77. The van der Waals surface area contributed by atoms with Crippen LogP contribution in [0.4, 0.5) is 0 Å². The van der Waals surface area contributed by atoms with Crippen molar-refractivity contribution in [2.45, 2.75) is 45.5 Å². The number of hydrogen-bond acceptors (Lipinski definition) is 1. The van der Waals surface area contributed by atoms with Crippen LogP contribution in [0.1, 0.15) is 56.6 Å². The van der Waals surface area contributed by atoms with Crippen molar-refractivity contribution in [3.63, 3.8) is 0 Å². The molecule has 19 heavy (non-hydrogen) atoms. The van der Waals surface area contributed by atoms with E-state index in [1.807, 2.05) is 0 Å². The SMILES string of the molecule is CCCCNC1[Se]C(C(C)(C)C)=Cc2ccccc21. The molecular formula is C17H25NSe. The van der Waals surface area contributed by atoms with Crippen LogP contribution in [0.25, 0.3) is 6.08 Å². The maximum absolute atomic E-state index is 3.77. The molecule has 1 aliphatic heterocycles. The van der Waals surface area contributed by atoms with Crippen LogP contribution in [-0.2, 0) is 0 Å². The van der Waals surface area contributed by atoms with E-state index in [1.54, 1.807) is 4.47 Å².